The van der Waals surface area contributed by atoms with Gasteiger partial charge < -0.3 is 10.2 Å². The molecule has 2 N–H and O–H groups in total. The SMILES string of the molecule is Cc1cc2cc(-c3cnc(CN)cn3)ccc2o1. The van der Waals surface area contributed by atoms with E-state index in [-0.39, 0.29) is 0 Å². The maximum atomic E-state index is 5.54. The zero-order valence-corrected chi connectivity index (χ0v) is 10.1. The van der Waals surface area contributed by atoms with Gasteiger partial charge in [-0.05, 0) is 31.2 Å². The highest BCUT2D eigenvalue weighted by Gasteiger charge is 2.05. The van der Waals surface area contributed by atoms with Crippen LogP contribution < -0.4 is 5.73 Å². The molecule has 0 bridgehead atoms. The predicted molar refractivity (Wildman–Crippen MR) is 69.9 cm³/mol. The van der Waals surface area contributed by atoms with Crippen molar-refractivity contribution in [2.24, 2.45) is 5.73 Å². The molecule has 0 saturated heterocycles. The fraction of sp³-hybridized carbons (Fsp3) is 0.143. The number of benzene rings is 1. The van der Waals surface area contributed by atoms with Crippen LogP contribution in [0.15, 0.2) is 41.1 Å². The maximum absolute atomic E-state index is 5.54. The Labute approximate surface area is 104 Å². The van der Waals surface area contributed by atoms with Crippen LogP contribution in [0.4, 0.5) is 0 Å². The lowest BCUT2D eigenvalue weighted by molar-refractivity contribution is 0.578. The fourth-order valence-corrected chi connectivity index (χ4v) is 1.94. The van der Waals surface area contributed by atoms with Gasteiger partial charge in [-0.2, -0.15) is 0 Å². The molecule has 18 heavy (non-hydrogen) atoms. The Hall–Kier alpha value is -2.20. The molecule has 0 fully saturated rings. The van der Waals surface area contributed by atoms with Crippen molar-refractivity contribution >= 4 is 11.0 Å². The molecule has 0 unspecified atom stereocenters. The van der Waals surface area contributed by atoms with Crippen molar-refractivity contribution in [3.63, 3.8) is 0 Å². The number of nitrogens with two attached hydrogens (primary N) is 1. The van der Waals surface area contributed by atoms with Crippen molar-refractivity contribution in [1.29, 1.82) is 0 Å². The summed E-state index contributed by atoms with van der Waals surface area (Å²) in [5.41, 5.74) is 9.05. The first-order valence-corrected chi connectivity index (χ1v) is 5.78. The standard InChI is InChI=1S/C14H13N3O/c1-9-4-11-5-10(2-3-14(11)18-9)13-8-16-12(6-15)7-17-13/h2-5,7-8H,6,15H2,1H3. The van der Waals surface area contributed by atoms with Crippen LogP contribution in [-0.4, -0.2) is 9.97 Å². The van der Waals surface area contributed by atoms with Crippen LogP contribution in [-0.2, 0) is 6.54 Å². The molecule has 90 valence electrons. The Kier molecular flexibility index (Phi) is 2.57. The number of furan rings is 1. The van der Waals surface area contributed by atoms with E-state index in [0.717, 1.165) is 33.7 Å². The summed E-state index contributed by atoms with van der Waals surface area (Å²) in [5, 5.41) is 1.08. The van der Waals surface area contributed by atoms with E-state index < -0.39 is 0 Å². The molecule has 0 aliphatic rings. The third kappa shape index (κ3) is 1.87. The van der Waals surface area contributed by atoms with Gasteiger partial charge in [-0.15, -0.1) is 0 Å². The lowest BCUT2D eigenvalue weighted by Gasteiger charge is -2.01. The first-order chi connectivity index (χ1) is 8.76. The van der Waals surface area contributed by atoms with Gasteiger partial charge >= 0.3 is 0 Å². The number of fused-ring (bicyclic) bond motifs is 1. The molecular weight excluding hydrogens is 226 g/mol. The third-order valence-electron chi connectivity index (χ3n) is 2.85. The van der Waals surface area contributed by atoms with Crippen molar-refractivity contribution in [3.8, 4) is 11.3 Å². The molecule has 0 saturated carbocycles. The number of nitrogens with zero attached hydrogens (tertiary/aromatic N) is 2. The van der Waals surface area contributed by atoms with Gasteiger partial charge in [0.25, 0.3) is 0 Å². The van der Waals surface area contributed by atoms with E-state index in [9.17, 15) is 0 Å². The van der Waals surface area contributed by atoms with Gasteiger partial charge in [0.2, 0.25) is 0 Å². The van der Waals surface area contributed by atoms with Gasteiger partial charge in [-0.25, -0.2) is 0 Å². The van der Waals surface area contributed by atoms with Crippen molar-refractivity contribution in [2.75, 3.05) is 0 Å². The predicted octanol–water partition coefficient (Wildman–Crippen LogP) is 2.66. The largest absolute Gasteiger partial charge is 0.461 e. The highest BCUT2D eigenvalue weighted by Crippen LogP contribution is 2.24. The van der Waals surface area contributed by atoms with E-state index in [1.165, 1.54) is 0 Å². The summed E-state index contributed by atoms with van der Waals surface area (Å²) in [6.07, 6.45) is 3.45. The molecule has 0 aliphatic carbocycles. The van der Waals surface area contributed by atoms with Gasteiger partial charge in [-0.1, -0.05) is 0 Å². The van der Waals surface area contributed by atoms with Crippen molar-refractivity contribution in [1.82, 2.24) is 9.97 Å². The Morgan fingerprint density at radius 2 is 2.06 bits per heavy atom. The minimum Gasteiger partial charge on any atom is -0.461 e. The average molecular weight is 239 g/mol. The van der Waals surface area contributed by atoms with Crippen LogP contribution in [0.25, 0.3) is 22.2 Å². The first kappa shape index (κ1) is 10.9. The molecule has 4 nitrogen and oxygen atoms in total. The molecule has 2 aromatic heterocycles. The zero-order chi connectivity index (χ0) is 12.5. The van der Waals surface area contributed by atoms with Gasteiger partial charge in [0.1, 0.15) is 11.3 Å². The summed E-state index contributed by atoms with van der Waals surface area (Å²) >= 11 is 0. The van der Waals surface area contributed by atoms with E-state index in [2.05, 4.69) is 16.0 Å². The second kappa shape index (κ2) is 4.23. The molecule has 3 aromatic rings. The van der Waals surface area contributed by atoms with Crippen LogP contribution in [0.1, 0.15) is 11.5 Å². The molecule has 2 heterocycles. The zero-order valence-electron chi connectivity index (χ0n) is 10.1. The molecule has 0 spiro atoms. The highest BCUT2D eigenvalue weighted by molar-refractivity contribution is 5.83. The van der Waals surface area contributed by atoms with Crippen molar-refractivity contribution in [2.45, 2.75) is 13.5 Å². The van der Waals surface area contributed by atoms with Crippen molar-refractivity contribution < 1.29 is 4.42 Å². The van der Waals surface area contributed by atoms with Gasteiger partial charge in [0, 0.05) is 17.5 Å². The normalized spacial score (nSPS) is 11.0. The van der Waals surface area contributed by atoms with E-state index in [1.54, 1.807) is 12.4 Å². The number of rotatable bonds is 2. The Morgan fingerprint density at radius 1 is 1.17 bits per heavy atom. The van der Waals surface area contributed by atoms with Crippen LogP contribution in [0, 0.1) is 6.92 Å². The number of aryl methyl sites for hydroxylation is 1. The van der Waals surface area contributed by atoms with E-state index in [1.807, 2.05) is 25.1 Å². The fourth-order valence-electron chi connectivity index (χ4n) is 1.94. The second-order valence-electron chi connectivity index (χ2n) is 4.21. The smallest absolute Gasteiger partial charge is 0.134 e. The molecule has 0 amide bonds. The Bertz CT molecular complexity index is 686. The number of hydrogen-bond acceptors (Lipinski definition) is 4. The Morgan fingerprint density at radius 3 is 2.78 bits per heavy atom. The van der Waals surface area contributed by atoms with E-state index >= 15 is 0 Å². The second-order valence-corrected chi connectivity index (χ2v) is 4.21. The summed E-state index contributed by atoms with van der Waals surface area (Å²) in [7, 11) is 0. The van der Waals surface area contributed by atoms with Gasteiger partial charge in [-0.3, -0.25) is 9.97 Å². The molecule has 0 atom stereocenters. The summed E-state index contributed by atoms with van der Waals surface area (Å²) in [6.45, 7) is 2.35. The Balaban J connectivity index is 2.06. The molecule has 0 aliphatic heterocycles. The number of aromatic nitrogens is 2. The molecule has 0 radical (unpaired) electrons. The first-order valence-electron chi connectivity index (χ1n) is 5.78. The van der Waals surface area contributed by atoms with E-state index in [0.29, 0.717) is 6.54 Å². The summed E-state index contributed by atoms with van der Waals surface area (Å²) in [5.74, 6) is 0.909. The quantitative estimate of drug-likeness (QED) is 0.746. The molecular formula is C14H13N3O. The van der Waals surface area contributed by atoms with E-state index in [4.69, 9.17) is 10.2 Å². The lowest BCUT2D eigenvalue weighted by atomic mass is 10.1. The summed E-state index contributed by atoms with van der Waals surface area (Å²) in [4.78, 5) is 8.61. The lowest BCUT2D eigenvalue weighted by Crippen LogP contribution is -2.00. The summed E-state index contributed by atoms with van der Waals surface area (Å²) < 4.78 is 5.54. The minimum absolute atomic E-state index is 0.410. The van der Waals surface area contributed by atoms with Crippen LogP contribution in [0.3, 0.4) is 0 Å². The minimum atomic E-state index is 0.410. The summed E-state index contributed by atoms with van der Waals surface area (Å²) in [6, 6.07) is 8.01. The van der Waals surface area contributed by atoms with Crippen molar-refractivity contribution in [3.05, 3.63) is 48.1 Å². The topological polar surface area (TPSA) is 64.9 Å². The van der Waals surface area contributed by atoms with Crippen LogP contribution in [0.5, 0.6) is 0 Å². The van der Waals surface area contributed by atoms with Crippen LogP contribution in [0.2, 0.25) is 0 Å². The third-order valence-corrected chi connectivity index (χ3v) is 2.85. The highest BCUT2D eigenvalue weighted by atomic mass is 16.3. The molecule has 1 aromatic carbocycles. The maximum Gasteiger partial charge on any atom is 0.134 e. The number of hydrogen-bond donors (Lipinski definition) is 1. The van der Waals surface area contributed by atoms with Crippen LogP contribution >= 0.6 is 0 Å². The molecule has 3 rings (SSSR count). The average Bonchev–Trinajstić information content (AvgIpc) is 2.78. The molecule has 4 heteroatoms. The monoisotopic (exact) mass is 239 g/mol. The van der Waals surface area contributed by atoms with Gasteiger partial charge in [0.05, 0.1) is 23.8 Å². The van der Waals surface area contributed by atoms with Gasteiger partial charge in [0.15, 0.2) is 0 Å².